The van der Waals surface area contributed by atoms with Crippen LogP contribution in [0.15, 0.2) is 0 Å². The van der Waals surface area contributed by atoms with Gasteiger partial charge in [-0.3, -0.25) is 0 Å². The molecule has 15 heteroatoms. The molecule has 3 aliphatic rings. The van der Waals surface area contributed by atoms with Crippen LogP contribution in [0.2, 0.25) is 0 Å². The Bertz CT molecular complexity index is 594. The molecule has 3 rings (SSSR count). The molecule has 0 aromatic carbocycles. The van der Waals surface area contributed by atoms with Crippen molar-refractivity contribution in [2.75, 3.05) is 19.8 Å². The molecule has 14 atom stereocenters. The SMILES string of the molecule is OC[C@H]1O[C@@H](O[C@@H]2[C@H](O)[C@@H](O)[C@H](O[C@@H]3[C@@H](O)[C@H](O)O[C@H](CO)[C@@H]3O)O[C@@H]2CO)[C@H](O)[C@H]1O. The van der Waals surface area contributed by atoms with Crippen LogP contribution in [0.5, 0.6) is 0 Å². The summed E-state index contributed by atoms with van der Waals surface area (Å²) in [4.78, 5) is 0. The van der Waals surface area contributed by atoms with Crippen molar-refractivity contribution in [3.8, 4) is 0 Å². The molecule has 188 valence electrons. The number of hydrogen-bond acceptors (Lipinski definition) is 15. The molecule has 0 aliphatic carbocycles. The van der Waals surface area contributed by atoms with Crippen molar-refractivity contribution in [1.29, 1.82) is 0 Å². The molecular formula is C17H30O15. The van der Waals surface area contributed by atoms with E-state index in [4.69, 9.17) is 28.8 Å². The first-order valence-corrected chi connectivity index (χ1v) is 10.0. The molecule has 0 aromatic heterocycles. The normalized spacial score (nSPS) is 52.3. The van der Waals surface area contributed by atoms with Crippen LogP contribution in [0.25, 0.3) is 0 Å². The van der Waals surface area contributed by atoms with E-state index in [2.05, 4.69) is 0 Å². The van der Waals surface area contributed by atoms with Gasteiger partial charge in [-0.1, -0.05) is 0 Å². The number of ether oxygens (including phenoxy) is 5. The van der Waals surface area contributed by atoms with Gasteiger partial charge in [-0.05, 0) is 0 Å². The summed E-state index contributed by atoms with van der Waals surface area (Å²) in [6, 6.07) is 0. The zero-order valence-electron chi connectivity index (χ0n) is 16.7. The molecule has 0 amide bonds. The molecule has 0 unspecified atom stereocenters. The third-order valence-electron chi connectivity index (χ3n) is 5.74. The van der Waals surface area contributed by atoms with Gasteiger partial charge in [0, 0.05) is 0 Å². The summed E-state index contributed by atoms with van der Waals surface area (Å²) >= 11 is 0. The van der Waals surface area contributed by atoms with Crippen LogP contribution in [-0.4, -0.2) is 157 Å². The predicted molar refractivity (Wildman–Crippen MR) is 95.2 cm³/mol. The van der Waals surface area contributed by atoms with Crippen LogP contribution in [0, 0.1) is 0 Å². The highest BCUT2D eigenvalue weighted by Gasteiger charge is 2.53. The fraction of sp³-hybridized carbons (Fsp3) is 1.00. The molecule has 10 N–H and O–H groups in total. The van der Waals surface area contributed by atoms with Gasteiger partial charge in [0.2, 0.25) is 0 Å². The van der Waals surface area contributed by atoms with E-state index >= 15 is 0 Å². The molecule has 15 nitrogen and oxygen atoms in total. The Labute approximate surface area is 181 Å². The van der Waals surface area contributed by atoms with E-state index in [0.717, 1.165) is 0 Å². The number of hydrogen-bond donors (Lipinski definition) is 10. The van der Waals surface area contributed by atoms with Gasteiger partial charge in [-0.25, -0.2) is 0 Å². The van der Waals surface area contributed by atoms with E-state index in [9.17, 15) is 46.0 Å². The molecule has 3 saturated heterocycles. The highest BCUT2D eigenvalue weighted by Crippen LogP contribution is 2.32. The Morgan fingerprint density at radius 2 is 0.938 bits per heavy atom. The van der Waals surface area contributed by atoms with Gasteiger partial charge in [0.05, 0.1) is 19.8 Å². The Morgan fingerprint density at radius 1 is 0.469 bits per heavy atom. The molecule has 0 radical (unpaired) electrons. The second-order valence-corrected chi connectivity index (χ2v) is 7.84. The molecule has 0 saturated carbocycles. The maximum atomic E-state index is 10.5. The van der Waals surface area contributed by atoms with Crippen LogP contribution in [0.1, 0.15) is 0 Å². The van der Waals surface area contributed by atoms with Gasteiger partial charge in [0.1, 0.15) is 67.1 Å². The lowest BCUT2D eigenvalue weighted by atomic mass is 9.97. The second-order valence-electron chi connectivity index (χ2n) is 7.84. The molecule has 32 heavy (non-hydrogen) atoms. The monoisotopic (exact) mass is 474 g/mol. The van der Waals surface area contributed by atoms with Crippen molar-refractivity contribution in [2.24, 2.45) is 0 Å². The summed E-state index contributed by atoms with van der Waals surface area (Å²) in [6.07, 6.45) is -22.2. The van der Waals surface area contributed by atoms with Crippen molar-refractivity contribution in [3.63, 3.8) is 0 Å². The molecule has 0 bridgehead atoms. The predicted octanol–water partition coefficient (Wildman–Crippen LogP) is -6.93. The zero-order chi connectivity index (χ0) is 23.7. The standard InChI is InChI=1S/C17H30O15/c18-1-4-7(21)10(24)16(29-4)31-13-6(3-20)30-17(11(25)9(13)23)32-14-8(22)5(2-19)28-15(27)12(14)26/h4-27H,1-3H2/t4-,5-,6-,7+,8+,9-,10-,11-,12-,13+,14+,15-,16+,17+/m1/s1. The molecule has 3 heterocycles. The first-order chi connectivity index (χ1) is 15.1. The van der Waals surface area contributed by atoms with E-state index in [0.29, 0.717) is 0 Å². The Morgan fingerprint density at radius 3 is 1.47 bits per heavy atom. The van der Waals surface area contributed by atoms with Gasteiger partial charge >= 0.3 is 0 Å². The maximum Gasteiger partial charge on any atom is 0.187 e. The van der Waals surface area contributed by atoms with Gasteiger partial charge < -0.3 is 74.7 Å². The maximum absolute atomic E-state index is 10.5. The fourth-order valence-corrected chi connectivity index (χ4v) is 3.85. The lowest BCUT2D eigenvalue weighted by Gasteiger charge is -2.46. The number of aliphatic hydroxyl groups is 10. The first kappa shape index (κ1) is 26.0. The Balaban J connectivity index is 1.70. The average Bonchev–Trinajstić information content (AvgIpc) is 3.05. The Kier molecular flexibility index (Phi) is 8.75. The molecular weight excluding hydrogens is 444 g/mol. The minimum atomic E-state index is -1.87. The average molecular weight is 474 g/mol. The third-order valence-corrected chi connectivity index (χ3v) is 5.74. The van der Waals surface area contributed by atoms with E-state index in [-0.39, 0.29) is 0 Å². The van der Waals surface area contributed by atoms with Gasteiger partial charge in [-0.15, -0.1) is 0 Å². The summed E-state index contributed by atoms with van der Waals surface area (Å²) < 4.78 is 26.2. The van der Waals surface area contributed by atoms with E-state index in [1.165, 1.54) is 0 Å². The van der Waals surface area contributed by atoms with Gasteiger partial charge in [-0.2, -0.15) is 0 Å². The van der Waals surface area contributed by atoms with Crippen LogP contribution in [-0.2, 0) is 23.7 Å². The van der Waals surface area contributed by atoms with Crippen molar-refractivity contribution in [3.05, 3.63) is 0 Å². The minimum absolute atomic E-state index is 0.625. The number of rotatable bonds is 7. The summed E-state index contributed by atoms with van der Waals surface area (Å²) in [5.74, 6) is 0. The summed E-state index contributed by atoms with van der Waals surface area (Å²) in [6.45, 7) is -2.12. The largest absolute Gasteiger partial charge is 0.394 e. The van der Waals surface area contributed by atoms with Gasteiger partial charge in [0.25, 0.3) is 0 Å². The van der Waals surface area contributed by atoms with Crippen LogP contribution in [0.4, 0.5) is 0 Å². The molecule has 0 aromatic rings. The summed E-state index contributed by atoms with van der Waals surface area (Å²) in [5.41, 5.74) is 0. The summed E-state index contributed by atoms with van der Waals surface area (Å²) in [7, 11) is 0. The quantitative estimate of drug-likeness (QED) is 0.165. The lowest BCUT2D eigenvalue weighted by molar-refractivity contribution is -0.366. The van der Waals surface area contributed by atoms with E-state index in [1.54, 1.807) is 0 Å². The van der Waals surface area contributed by atoms with Crippen LogP contribution < -0.4 is 0 Å². The highest BCUT2D eigenvalue weighted by atomic mass is 16.8. The Hall–Kier alpha value is -0.600. The van der Waals surface area contributed by atoms with Crippen molar-refractivity contribution in [1.82, 2.24) is 0 Å². The zero-order valence-corrected chi connectivity index (χ0v) is 16.7. The molecule has 0 spiro atoms. The second kappa shape index (κ2) is 10.8. The van der Waals surface area contributed by atoms with Crippen molar-refractivity contribution < 1.29 is 74.7 Å². The molecule has 3 fully saturated rings. The number of aliphatic hydroxyl groups excluding tert-OH is 10. The highest BCUT2D eigenvalue weighted by molar-refractivity contribution is 4.95. The van der Waals surface area contributed by atoms with Gasteiger partial charge in [0.15, 0.2) is 18.9 Å². The van der Waals surface area contributed by atoms with Crippen LogP contribution >= 0.6 is 0 Å². The fourth-order valence-electron chi connectivity index (χ4n) is 3.85. The van der Waals surface area contributed by atoms with E-state index in [1.807, 2.05) is 0 Å². The first-order valence-electron chi connectivity index (χ1n) is 10.0. The van der Waals surface area contributed by atoms with Crippen LogP contribution in [0.3, 0.4) is 0 Å². The topological polar surface area (TPSA) is 248 Å². The van der Waals surface area contributed by atoms with E-state index < -0.39 is 106 Å². The van der Waals surface area contributed by atoms with Crippen molar-refractivity contribution in [2.45, 2.75) is 86.0 Å². The summed E-state index contributed by atoms with van der Waals surface area (Å²) in [5, 5.41) is 98.9. The molecule has 3 aliphatic heterocycles. The smallest absolute Gasteiger partial charge is 0.187 e. The minimum Gasteiger partial charge on any atom is -0.394 e. The lowest BCUT2D eigenvalue weighted by Crippen LogP contribution is -2.65. The third kappa shape index (κ3) is 4.92. The van der Waals surface area contributed by atoms with Crippen molar-refractivity contribution >= 4 is 0 Å².